The van der Waals surface area contributed by atoms with Gasteiger partial charge in [0.05, 0.1) is 16.7 Å². The van der Waals surface area contributed by atoms with Crippen LogP contribution >= 0.6 is 11.3 Å². The van der Waals surface area contributed by atoms with Crippen LogP contribution in [0.2, 0.25) is 0 Å². The van der Waals surface area contributed by atoms with Crippen molar-refractivity contribution in [2.24, 2.45) is 0 Å². The first-order valence-corrected chi connectivity index (χ1v) is 21.7. The van der Waals surface area contributed by atoms with Crippen LogP contribution in [0.25, 0.3) is 125 Å². The molecule has 0 aliphatic heterocycles. The summed E-state index contributed by atoms with van der Waals surface area (Å²) in [7, 11) is 0. The Morgan fingerprint density at radius 3 is 1.81 bits per heavy atom. The number of fused-ring (bicyclic) bond motifs is 10. The Kier molecular flexibility index (Phi) is 7.74. The van der Waals surface area contributed by atoms with Crippen LogP contribution in [0.1, 0.15) is 0 Å². The Morgan fingerprint density at radius 2 is 0.968 bits per heavy atom. The molecular weight excluding hydrogens is 773 g/mol. The van der Waals surface area contributed by atoms with Gasteiger partial charge in [0.1, 0.15) is 0 Å². The molecule has 0 spiro atoms. The summed E-state index contributed by atoms with van der Waals surface area (Å²) in [5.74, 6) is 1.90. The molecule has 0 fully saturated rings. The van der Waals surface area contributed by atoms with Gasteiger partial charge in [-0.25, -0.2) is 15.0 Å². The highest BCUT2D eigenvalue weighted by Gasteiger charge is 2.22. The third-order valence-electron chi connectivity index (χ3n) is 12.4. The Morgan fingerprint density at radius 1 is 0.339 bits per heavy atom. The van der Waals surface area contributed by atoms with Crippen LogP contribution in [0.3, 0.4) is 0 Å². The molecule has 0 N–H and O–H groups in total. The van der Waals surface area contributed by atoms with E-state index in [4.69, 9.17) is 15.0 Å². The maximum absolute atomic E-state index is 5.32. The molecule has 0 radical (unpaired) electrons. The molecule has 10 aromatic carbocycles. The number of hydrogen-bond donors (Lipinski definition) is 0. The highest BCUT2D eigenvalue weighted by atomic mass is 32.1. The third kappa shape index (κ3) is 5.42. The number of rotatable bonds is 5. The quantitative estimate of drug-likeness (QED) is 0.174. The van der Waals surface area contributed by atoms with Gasteiger partial charge < -0.3 is 4.57 Å². The van der Waals surface area contributed by atoms with Crippen molar-refractivity contribution in [3.05, 3.63) is 206 Å². The summed E-state index contributed by atoms with van der Waals surface area (Å²) in [6.07, 6.45) is 0. The average Bonchev–Trinajstić information content (AvgIpc) is 3.89. The van der Waals surface area contributed by atoms with Crippen LogP contribution < -0.4 is 0 Å². The van der Waals surface area contributed by atoms with Crippen molar-refractivity contribution in [2.75, 3.05) is 0 Å². The van der Waals surface area contributed by atoms with Crippen molar-refractivity contribution in [2.45, 2.75) is 0 Å². The molecule has 4 nitrogen and oxygen atoms in total. The second kappa shape index (κ2) is 13.8. The fraction of sp³-hybridized carbons (Fsp3) is 0. The lowest BCUT2D eigenvalue weighted by atomic mass is 9.95. The number of para-hydroxylation sites is 1. The summed E-state index contributed by atoms with van der Waals surface area (Å²) >= 11 is 1.87. The molecular formula is C57H34N4S. The van der Waals surface area contributed by atoms with Crippen LogP contribution in [-0.2, 0) is 0 Å². The molecule has 3 heterocycles. The lowest BCUT2D eigenvalue weighted by Gasteiger charge is -2.17. The van der Waals surface area contributed by atoms with E-state index in [2.05, 4.69) is 193 Å². The zero-order chi connectivity index (χ0) is 40.7. The predicted molar refractivity (Wildman–Crippen MR) is 261 cm³/mol. The van der Waals surface area contributed by atoms with Crippen molar-refractivity contribution in [3.63, 3.8) is 0 Å². The molecule has 0 aliphatic carbocycles. The molecule has 62 heavy (non-hydrogen) atoms. The van der Waals surface area contributed by atoms with E-state index >= 15 is 0 Å². The lowest BCUT2D eigenvalue weighted by molar-refractivity contribution is 1.07. The van der Waals surface area contributed by atoms with Gasteiger partial charge in [-0.05, 0) is 80.3 Å². The zero-order valence-corrected chi connectivity index (χ0v) is 34.1. The Labute approximate surface area is 360 Å². The van der Waals surface area contributed by atoms with Crippen molar-refractivity contribution in [1.29, 1.82) is 0 Å². The molecule has 0 bridgehead atoms. The molecule has 0 amide bonds. The minimum Gasteiger partial charge on any atom is -0.309 e. The largest absolute Gasteiger partial charge is 0.309 e. The molecule has 0 atom stereocenters. The average molecular weight is 807 g/mol. The number of hydrogen-bond acceptors (Lipinski definition) is 4. The second-order valence-electron chi connectivity index (χ2n) is 15.9. The Balaban J connectivity index is 1.13. The van der Waals surface area contributed by atoms with Gasteiger partial charge in [-0.3, -0.25) is 0 Å². The first-order chi connectivity index (χ1) is 30.7. The molecule has 5 heteroatoms. The lowest BCUT2D eigenvalue weighted by Crippen LogP contribution is -2.02. The van der Waals surface area contributed by atoms with Crippen LogP contribution in [0, 0.1) is 0 Å². The van der Waals surface area contributed by atoms with E-state index in [1.165, 1.54) is 58.1 Å². The molecule has 13 rings (SSSR count). The normalized spacial score (nSPS) is 11.9. The summed E-state index contributed by atoms with van der Waals surface area (Å²) in [5.41, 5.74) is 8.51. The van der Waals surface area contributed by atoms with E-state index in [-0.39, 0.29) is 0 Å². The van der Waals surface area contributed by atoms with Crippen LogP contribution in [-0.4, -0.2) is 19.5 Å². The highest BCUT2D eigenvalue weighted by molar-refractivity contribution is 7.26. The van der Waals surface area contributed by atoms with Gasteiger partial charge in [-0.2, -0.15) is 0 Å². The van der Waals surface area contributed by atoms with Crippen LogP contribution in [0.4, 0.5) is 0 Å². The maximum Gasteiger partial charge on any atom is 0.164 e. The number of thiophene rings is 1. The van der Waals surface area contributed by atoms with E-state index < -0.39 is 0 Å². The number of benzene rings is 10. The number of nitrogens with zero attached hydrogens (tertiary/aromatic N) is 4. The third-order valence-corrected chi connectivity index (χ3v) is 13.6. The van der Waals surface area contributed by atoms with Gasteiger partial charge in [0.25, 0.3) is 0 Å². The molecule has 0 saturated carbocycles. The summed E-state index contributed by atoms with van der Waals surface area (Å²) in [6.45, 7) is 0. The topological polar surface area (TPSA) is 43.6 Å². The van der Waals surface area contributed by atoms with E-state index in [1.54, 1.807) is 0 Å². The van der Waals surface area contributed by atoms with Gasteiger partial charge in [0.2, 0.25) is 0 Å². The summed E-state index contributed by atoms with van der Waals surface area (Å²) in [4.78, 5) is 15.7. The Bertz CT molecular complexity index is 3930. The van der Waals surface area contributed by atoms with Crippen molar-refractivity contribution in [3.8, 4) is 51.0 Å². The van der Waals surface area contributed by atoms with E-state index in [0.29, 0.717) is 17.5 Å². The van der Waals surface area contributed by atoms with E-state index in [9.17, 15) is 0 Å². The van der Waals surface area contributed by atoms with Crippen LogP contribution in [0.5, 0.6) is 0 Å². The maximum atomic E-state index is 5.32. The van der Waals surface area contributed by atoms with Gasteiger partial charge in [0.15, 0.2) is 17.5 Å². The van der Waals surface area contributed by atoms with E-state index in [1.807, 2.05) is 29.5 Å². The standard InChI is InChI=1S/C57H34N4S/c1-2-16-37(17-3-1)55-58-56(60-57(59-55)45-25-12-20-35-14-6-8-21-41(35)45)40-29-31-50(61-49-26-11-10-23-43(49)47-32-38-18-4-5-19-39(38)34-51(47)61)48(33-40)44-24-13-27-52-53(44)46-30-28-36-15-7-9-22-42(36)54(46)62-52/h1-34H. The first kappa shape index (κ1) is 34.8. The molecule has 0 saturated heterocycles. The SMILES string of the molecule is c1ccc(-c2nc(-c3ccc(-n4c5ccccc5c5cc6ccccc6cc54)c(-c4cccc5sc6c7ccccc7ccc6c45)c3)nc(-c3cccc4ccccc34)n2)cc1. The molecule has 0 unspecified atom stereocenters. The van der Waals surface area contributed by atoms with Crippen molar-refractivity contribution in [1.82, 2.24) is 19.5 Å². The van der Waals surface area contributed by atoms with Crippen LogP contribution in [0.15, 0.2) is 206 Å². The van der Waals surface area contributed by atoms with Crippen molar-refractivity contribution >= 4 is 85.6 Å². The molecule has 288 valence electrons. The fourth-order valence-electron chi connectivity index (χ4n) is 9.54. The summed E-state index contributed by atoms with van der Waals surface area (Å²) < 4.78 is 5.02. The molecule has 0 aliphatic rings. The highest BCUT2D eigenvalue weighted by Crippen LogP contribution is 2.46. The fourth-order valence-corrected chi connectivity index (χ4v) is 10.8. The van der Waals surface area contributed by atoms with Gasteiger partial charge in [-0.15, -0.1) is 11.3 Å². The summed E-state index contributed by atoms with van der Waals surface area (Å²) in [5, 5.41) is 12.2. The predicted octanol–water partition coefficient (Wildman–Crippen LogP) is 15.5. The minimum absolute atomic E-state index is 0.621. The Hall–Kier alpha value is -7.99. The van der Waals surface area contributed by atoms with Gasteiger partial charge >= 0.3 is 0 Å². The molecule has 3 aromatic heterocycles. The minimum atomic E-state index is 0.621. The second-order valence-corrected chi connectivity index (χ2v) is 17.0. The van der Waals surface area contributed by atoms with Gasteiger partial charge in [0, 0.05) is 53.2 Å². The van der Waals surface area contributed by atoms with E-state index in [0.717, 1.165) is 49.7 Å². The smallest absolute Gasteiger partial charge is 0.164 e. The first-order valence-electron chi connectivity index (χ1n) is 20.9. The summed E-state index contributed by atoms with van der Waals surface area (Å²) in [6, 6.07) is 74.0. The molecule has 13 aromatic rings. The van der Waals surface area contributed by atoms with Crippen molar-refractivity contribution < 1.29 is 0 Å². The monoisotopic (exact) mass is 806 g/mol. The van der Waals surface area contributed by atoms with Gasteiger partial charge in [-0.1, -0.05) is 164 Å². The zero-order valence-electron chi connectivity index (χ0n) is 33.3. The number of aromatic nitrogens is 4.